The van der Waals surface area contributed by atoms with Gasteiger partial charge < -0.3 is 5.32 Å². The van der Waals surface area contributed by atoms with Gasteiger partial charge in [0.15, 0.2) is 0 Å². The van der Waals surface area contributed by atoms with Crippen LogP contribution in [0.25, 0.3) is 10.2 Å². The number of rotatable bonds is 9. The van der Waals surface area contributed by atoms with Crippen molar-refractivity contribution in [3.8, 4) is 0 Å². The van der Waals surface area contributed by atoms with Gasteiger partial charge in [-0.05, 0) is 47.4 Å². The second-order valence-electron chi connectivity index (χ2n) is 5.46. The highest BCUT2D eigenvalue weighted by Crippen LogP contribution is 2.22. The van der Waals surface area contributed by atoms with Crippen molar-refractivity contribution in [2.45, 2.75) is 25.0 Å². The molecular formula is C18H20N2OS3. The van der Waals surface area contributed by atoms with Crippen LogP contribution in [-0.4, -0.2) is 23.2 Å². The first-order valence-corrected chi connectivity index (χ1v) is 10.9. The van der Waals surface area contributed by atoms with E-state index in [0.717, 1.165) is 41.4 Å². The zero-order valence-electron chi connectivity index (χ0n) is 13.4. The number of carbonyl (C=O) groups is 1. The van der Waals surface area contributed by atoms with Crippen LogP contribution in [0.4, 0.5) is 0 Å². The first-order valence-electron chi connectivity index (χ1n) is 8.01. The predicted octanol–water partition coefficient (Wildman–Crippen LogP) is 4.73. The molecule has 0 unspecified atom stereocenters. The lowest BCUT2D eigenvalue weighted by atomic mass is 10.2. The number of aryl methyl sites for hydroxylation is 1. The van der Waals surface area contributed by atoms with E-state index in [0.29, 0.717) is 6.42 Å². The Hall–Kier alpha value is -1.37. The van der Waals surface area contributed by atoms with Crippen LogP contribution >= 0.6 is 34.4 Å². The van der Waals surface area contributed by atoms with E-state index in [2.05, 4.69) is 33.2 Å². The Bertz CT molecular complexity index is 735. The molecule has 126 valence electrons. The van der Waals surface area contributed by atoms with E-state index in [4.69, 9.17) is 0 Å². The Labute approximate surface area is 154 Å². The van der Waals surface area contributed by atoms with Crippen LogP contribution in [0.15, 0.2) is 41.1 Å². The monoisotopic (exact) mass is 376 g/mol. The second-order valence-corrected chi connectivity index (χ2v) is 8.46. The molecule has 1 aromatic carbocycles. The topological polar surface area (TPSA) is 42.0 Å². The molecule has 3 aromatic rings. The van der Waals surface area contributed by atoms with Crippen LogP contribution in [0.3, 0.4) is 0 Å². The standard InChI is InChI=1S/C18H20N2OS3/c21-17(19-9-11-23-13-14-8-10-22-12-14)6-3-7-18-20-15-4-1-2-5-16(15)24-18/h1-2,4-5,8,10,12H,3,6-7,9,11,13H2,(H,19,21). The summed E-state index contributed by atoms with van der Waals surface area (Å²) in [5.74, 6) is 2.13. The number of thiazole rings is 1. The number of thiophene rings is 1. The molecule has 0 aliphatic rings. The number of nitrogens with one attached hydrogen (secondary N) is 1. The summed E-state index contributed by atoms with van der Waals surface area (Å²) in [5, 5.41) is 8.40. The SMILES string of the molecule is O=C(CCCc1nc2ccccc2s1)NCCSCc1ccsc1. The Morgan fingerprint density at radius 3 is 3.00 bits per heavy atom. The van der Waals surface area contributed by atoms with Crippen molar-refractivity contribution < 1.29 is 4.79 Å². The third kappa shape index (κ3) is 5.33. The Kier molecular flexibility index (Phi) is 6.69. The van der Waals surface area contributed by atoms with E-state index < -0.39 is 0 Å². The van der Waals surface area contributed by atoms with Crippen LogP contribution in [0, 0.1) is 0 Å². The maximum Gasteiger partial charge on any atom is 0.220 e. The number of nitrogens with zero attached hydrogens (tertiary/aromatic N) is 1. The fraction of sp³-hybridized carbons (Fsp3) is 0.333. The van der Waals surface area contributed by atoms with E-state index >= 15 is 0 Å². The van der Waals surface area contributed by atoms with Gasteiger partial charge in [-0.2, -0.15) is 23.1 Å². The minimum Gasteiger partial charge on any atom is -0.355 e. The summed E-state index contributed by atoms with van der Waals surface area (Å²) in [6.45, 7) is 0.745. The van der Waals surface area contributed by atoms with Gasteiger partial charge in [-0.15, -0.1) is 11.3 Å². The number of fused-ring (bicyclic) bond motifs is 1. The first-order chi connectivity index (χ1) is 11.8. The molecule has 0 bridgehead atoms. The maximum absolute atomic E-state index is 11.9. The predicted molar refractivity (Wildman–Crippen MR) is 106 cm³/mol. The van der Waals surface area contributed by atoms with Gasteiger partial charge in [0.1, 0.15) is 0 Å². The van der Waals surface area contributed by atoms with Crippen molar-refractivity contribution in [3.63, 3.8) is 0 Å². The summed E-state index contributed by atoms with van der Waals surface area (Å²) in [6.07, 6.45) is 2.30. The number of hydrogen-bond acceptors (Lipinski definition) is 5. The van der Waals surface area contributed by atoms with E-state index in [1.165, 1.54) is 10.3 Å². The van der Waals surface area contributed by atoms with Crippen molar-refractivity contribution in [2.24, 2.45) is 0 Å². The lowest BCUT2D eigenvalue weighted by Gasteiger charge is -2.04. The third-order valence-corrected chi connectivity index (χ3v) is 6.41. The largest absolute Gasteiger partial charge is 0.355 e. The highest BCUT2D eigenvalue weighted by Gasteiger charge is 2.05. The number of benzene rings is 1. The van der Waals surface area contributed by atoms with Crippen LogP contribution in [-0.2, 0) is 17.0 Å². The molecule has 3 nitrogen and oxygen atoms in total. The summed E-state index contributed by atoms with van der Waals surface area (Å²) < 4.78 is 1.22. The Balaban J connectivity index is 1.28. The molecule has 24 heavy (non-hydrogen) atoms. The molecule has 0 aliphatic heterocycles. The third-order valence-electron chi connectivity index (χ3n) is 3.55. The fourth-order valence-electron chi connectivity index (χ4n) is 2.34. The van der Waals surface area contributed by atoms with E-state index in [9.17, 15) is 4.79 Å². The van der Waals surface area contributed by atoms with Crippen LogP contribution in [0.1, 0.15) is 23.4 Å². The van der Waals surface area contributed by atoms with E-state index in [1.807, 2.05) is 30.0 Å². The van der Waals surface area contributed by atoms with Gasteiger partial charge in [0.05, 0.1) is 15.2 Å². The summed E-state index contributed by atoms with van der Waals surface area (Å²) in [4.78, 5) is 16.5. The van der Waals surface area contributed by atoms with Crippen LogP contribution in [0.2, 0.25) is 0 Å². The molecule has 0 fully saturated rings. The first kappa shape index (κ1) is 17.5. The number of para-hydroxylation sites is 1. The Morgan fingerprint density at radius 2 is 2.17 bits per heavy atom. The lowest BCUT2D eigenvalue weighted by Crippen LogP contribution is -2.25. The van der Waals surface area contributed by atoms with Crippen molar-refractivity contribution in [2.75, 3.05) is 12.3 Å². The van der Waals surface area contributed by atoms with Gasteiger partial charge in [0.25, 0.3) is 0 Å². The fourth-order valence-corrected chi connectivity index (χ4v) is 4.93. The molecule has 3 rings (SSSR count). The van der Waals surface area contributed by atoms with Crippen LogP contribution < -0.4 is 5.32 Å². The second kappa shape index (κ2) is 9.20. The molecule has 0 atom stereocenters. The zero-order valence-corrected chi connectivity index (χ0v) is 15.8. The number of hydrogen-bond donors (Lipinski definition) is 1. The van der Waals surface area contributed by atoms with E-state index in [1.54, 1.807) is 22.7 Å². The molecule has 1 amide bonds. The average Bonchev–Trinajstić information content (AvgIpc) is 3.23. The summed E-state index contributed by atoms with van der Waals surface area (Å²) in [5.41, 5.74) is 2.43. The van der Waals surface area contributed by atoms with Crippen molar-refractivity contribution in [1.29, 1.82) is 0 Å². The average molecular weight is 377 g/mol. The molecule has 2 heterocycles. The zero-order chi connectivity index (χ0) is 16.6. The van der Waals surface area contributed by atoms with Crippen molar-refractivity contribution >= 4 is 50.6 Å². The minimum atomic E-state index is 0.146. The van der Waals surface area contributed by atoms with Gasteiger partial charge >= 0.3 is 0 Å². The lowest BCUT2D eigenvalue weighted by molar-refractivity contribution is -0.121. The molecule has 0 spiro atoms. The van der Waals surface area contributed by atoms with Gasteiger partial charge in [0, 0.05) is 24.5 Å². The normalized spacial score (nSPS) is 11.0. The highest BCUT2D eigenvalue weighted by atomic mass is 32.2. The van der Waals surface area contributed by atoms with Crippen molar-refractivity contribution in [1.82, 2.24) is 10.3 Å². The summed E-state index contributed by atoms with van der Waals surface area (Å²) >= 11 is 5.32. The smallest absolute Gasteiger partial charge is 0.220 e. The van der Waals surface area contributed by atoms with Gasteiger partial charge in [-0.25, -0.2) is 4.98 Å². The number of aromatic nitrogens is 1. The molecule has 0 radical (unpaired) electrons. The van der Waals surface area contributed by atoms with Gasteiger partial charge in [-0.3, -0.25) is 4.79 Å². The molecule has 0 saturated heterocycles. The minimum absolute atomic E-state index is 0.146. The quantitative estimate of drug-likeness (QED) is 0.549. The molecular weight excluding hydrogens is 356 g/mol. The summed E-state index contributed by atoms with van der Waals surface area (Å²) in [7, 11) is 0. The van der Waals surface area contributed by atoms with Gasteiger partial charge in [0.2, 0.25) is 5.91 Å². The number of amides is 1. The number of carbonyl (C=O) groups excluding carboxylic acids is 1. The maximum atomic E-state index is 11.9. The molecule has 6 heteroatoms. The van der Waals surface area contributed by atoms with Crippen molar-refractivity contribution in [3.05, 3.63) is 51.7 Å². The van der Waals surface area contributed by atoms with Crippen LogP contribution in [0.5, 0.6) is 0 Å². The molecule has 2 aromatic heterocycles. The molecule has 0 saturated carbocycles. The highest BCUT2D eigenvalue weighted by molar-refractivity contribution is 7.98. The molecule has 0 aliphatic carbocycles. The Morgan fingerprint density at radius 1 is 1.25 bits per heavy atom. The number of thioether (sulfide) groups is 1. The van der Waals surface area contributed by atoms with E-state index in [-0.39, 0.29) is 5.91 Å². The van der Waals surface area contributed by atoms with Gasteiger partial charge in [-0.1, -0.05) is 12.1 Å². The molecule has 1 N–H and O–H groups in total. The summed E-state index contributed by atoms with van der Waals surface area (Å²) in [6, 6.07) is 10.3.